The first kappa shape index (κ1) is 17.0. The monoisotopic (exact) mass is 329 g/mol. The molecule has 2 aliphatic rings. The normalized spacial score (nSPS) is 26.1. The first-order valence-electron chi connectivity index (χ1n) is 9.16. The van der Waals surface area contributed by atoms with Crippen LogP contribution < -0.4 is 5.32 Å². The lowest BCUT2D eigenvalue weighted by Crippen LogP contribution is -2.37. The highest BCUT2D eigenvalue weighted by atomic mass is 16.5. The Morgan fingerprint density at radius 1 is 1.21 bits per heavy atom. The maximum absolute atomic E-state index is 12.3. The van der Waals surface area contributed by atoms with E-state index in [9.17, 15) is 9.59 Å². The Morgan fingerprint density at radius 3 is 2.62 bits per heavy atom. The van der Waals surface area contributed by atoms with Crippen LogP contribution in [0.15, 0.2) is 30.3 Å². The lowest BCUT2D eigenvalue weighted by molar-refractivity contribution is -0.157. The van der Waals surface area contributed by atoms with Crippen LogP contribution >= 0.6 is 0 Å². The Bertz CT molecular complexity index is 572. The molecule has 4 nitrogen and oxygen atoms in total. The van der Waals surface area contributed by atoms with Crippen LogP contribution in [0, 0.1) is 17.8 Å². The second-order valence-corrected chi connectivity index (χ2v) is 7.23. The SMILES string of the molecule is CC[C@H](OC(=O)C[C@H]1C[C@H]2CC[C@H]1C2)C(=O)NCc1ccccc1. The minimum Gasteiger partial charge on any atom is -0.452 e. The van der Waals surface area contributed by atoms with E-state index < -0.39 is 6.10 Å². The molecule has 1 amide bonds. The average Bonchev–Trinajstić information content (AvgIpc) is 3.21. The predicted octanol–water partition coefficient (Wildman–Crippen LogP) is 3.45. The van der Waals surface area contributed by atoms with E-state index in [-0.39, 0.29) is 11.9 Å². The second-order valence-electron chi connectivity index (χ2n) is 7.23. The van der Waals surface area contributed by atoms with Crippen molar-refractivity contribution in [1.29, 1.82) is 0 Å². The number of ether oxygens (including phenoxy) is 1. The standard InChI is InChI=1S/C20H27NO3/c1-2-18(20(23)21-13-14-6-4-3-5-7-14)24-19(22)12-17-11-15-8-9-16(17)10-15/h3-7,15-18H,2,8-13H2,1H3,(H,21,23)/t15-,16-,17+,18-/m0/s1. The summed E-state index contributed by atoms with van der Waals surface area (Å²) in [4.78, 5) is 24.5. The van der Waals surface area contributed by atoms with Crippen LogP contribution in [0.1, 0.15) is 51.0 Å². The topological polar surface area (TPSA) is 55.4 Å². The van der Waals surface area contributed by atoms with Gasteiger partial charge >= 0.3 is 5.97 Å². The molecule has 0 aliphatic heterocycles. The fraction of sp³-hybridized carbons (Fsp3) is 0.600. The largest absolute Gasteiger partial charge is 0.452 e. The number of carbonyl (C=O) groups excluding carboxylic acids is 2. The zero-order valence-electron chi connectivity index (χ0n) is 14.4. The van der Waals surface area contributed by atoms with E-state index in [0.29, 0.717) is 31.2 Å². The molecule has 1 aromatic rings. The van der Waals surface area contributed by atoms with Gasteiger partial charge in [0.25, 0.3) is 5.91 Å². The summed E-state index contributed by atoms with van der Waals surface area (Å²) < 4.78 is 5.47. The van der Waals surface area contributed by atoms with Crippen LogP contribution in [0.25, 0.3) is 0 Å². The maximum atomic E-state index is 12.3. The van der Waals surface area contributed by atoms with Crippen LogP contribution in [0.5, 0.6) is 0 Å². The van der Waals surface area contributed by atoms with Gasteiger partial charge in [0.2, 0.25) is 0 Å². The van der Waals surface area contributed by atoms with Crippen LogP contribution in [0.4, 0.5) is 0 Å². The number of hydrogen-bond donors (Lipinski definition) is 1. The third-order valence-corrected chi connectivity index (χ3v) is 5.56. The second kappa shape index (κ2) is 7.82. The molecule has 2 fully saturated rings. The fourth-order valence-corrected chi connectivity index (χ4v) is 4.27. The van der Waals surface area contributed by atoms with E-state index in [1.54, 1.807) is 0 Å². The summed E-state index contributed by atoms with van der Waals surface area (Å²) in [5, 5.41) is 2.86. The van der Waals surface area contributed by atoms with Gasteiger partial charge in [0.1, 0.15) is 0 Å². The molecule has 0 radical (unpaired) electrons. The molecular weight excluding hydrogens is 302 g/mol. The van der Waals surface area contributed by atoms with Crippen molar-refractivity contribution in [2.24, 2.45) is 17.8 Å². The van der Waals surface area contributed by atoms with Gasteiger partial charge in [-0.3, -0.25) is 9.59 Å². The van der Waals surface area contributed by atoms with Gasteiger partial charge in [0.05, 0.1) is 0 Å². The molecule has 24 heavy (non-hydrogen) atoms. The maximum Gasteiger partial charge on any atom is 0.306 e. The van der Waals surface area contributed by atoms with E-state index in [4.69, 9.17) is 4.74 Å². The lowest BCUT2D eigenvalue weighted by Gasteiger charge is -2.22. The third-order valence-electron chi connectivity index (χ3n) is 5.56. The average molecular weight is 329 g/mol. The molecule has 0 saturated heterocycles. The highest BCUT2D eigenvalue weighted by molar-refractivity contribution is 5.83. The molecular formula is C20H27NO3. The minimum atomic E-state index is -0.681. The number of fused-ring (bicyclic) bond motifs is 2. The van der Waals surface area contributed by atoms with Gasteiger partial charge in [-0.1, -0.05) is 43.7 Å². The van der Waals surface area contributed by atoms with Crippen molar-refractivity contribution in [1.82, 2.24) is 5.32 Å². The van der Waals surface area contributed by atoms with E-state index in [1.165, 1.54) is 19.3 Å². The molecule has 0 aromatic heterocycles. The van der Waals surface area contributed by atoms with Gasteiger partial charge in [-0.05, 0) is 49.0 Å². The number of carbonyl (C=O) groups is 2. The molecule has 0 unspecified atom stereocenters. The fourth-order valence-electron chi connectivity index (χ4n) is 4.27. The summed E-state index contributed by atoms with van der Waals surface area (Å²) in [7, 11) is 0. The first-order chi connectivity index (χ1) is 11.7. The molecule has 1 N–H and O–H groups in total. The van der Waals surface area contributed by atoms with Gasteiger partial charge in [-0.25, -0.2) is 0 Å². The van der Waals surface area contributed by atoms with Crippen molar-refractivity contribution in [3.8, 4) is 0 Å². The van der Waals surface area contributed by atoms with Crippen LogP contribution in [0.3, 0.4) is 0 Å². The molecule has 0 spiro atoms. The lowest BCUT2D eigenvalue weighted by atomic mass is 9.86. The Hall–Kier alpha value is -1.84. The van der Waals surface area contributed by atoms with Gasteiger partial charge in [-0.2, -0.15) is 0 Å². The third kappa shape index (κ3) is 4.16. The minimum absolute atomic E-state index is 0.206. The molecule has 0 heterocycles. The highest BCUT2D eigenvalue weighted by Gasteiger charge is 2.40. The molecule has 3 rings (SSSR count). The van der Waals surface area contributed by atoms with E-state index in [1.807, 2.05) is 37.3 Å². The number of benzene rings is 1. The summed E-state index contributed by atoms with van der Waals surface area (Å²) >= 11 is 0. The van der Waals surface area contributed by atoms with Gasteiger partial charge in [-0.15, -0.1) is 0 Å². The molecule has 2 bridgehead atoms. The molecule has 4 atom stereocenters. The molecule has 4 heteroatoms. The Kier molecular flexibility index (Phi) is 5.54. The quantitative estimate of drug-likeness (QED) is 0.780. The number of nitrogens with one attached hydrogen (secondary N) is 1. The van der Waals surface area contributed by atoms with E-state index in [2.05, 4.69) is 5.32 Å². The number of amides is 1. The van der Waals surface area contributed by atoms with Crippen molar-refractivity contribution in [3.05, 3.63) is 35.9 Å². The first-order valence-corrected chi connectivity index (χ1v) is 9.16. The summed E-state index contributed by atoms with van der Waals surface area (Å²) in [6.45, 7) is 2.33. The number of rotatable bonds is 7. The number of esters is 1. The summed E-state index contributed by atoms with van der Waals surface area (Å²) in [5.74, 6) is 1.58. The molecule has 2 aliphatic carbocycles. The van der Waals surface area contributed by atoms with Crippen LogP contribution in [-0.2, 0) is 20.9 Å². The van der Waals surface area contributed by atoms with Crippen molar-refractivity contribution in [2.75, 3.05) is 0 Å². The van der Waals surface area contributed by atoms with Gasteiger partial charge < -0.3 is 10.1 Å². The molecule has 130 valence electrons. The zero-order valence-corrected chi connectivity index (χ0v) is 14.4. The van der Waals surface area contributed by atoms with Crippen LogP contribution in [0.2, 0.25) is 0 Å². The summed E-state index contributed by atoms with van der Waals surface area (Å²) in [6, 6.07) is 9.74. The molecule has 1 aromatic carbocycles. The Morgan fingerprint density at radius 2 is 2.00 bits per heavy atom. The highest BCUT2D eigenvalue weighted by Crippen LogP contribution is 2.49. The zero-order chi connectivity index (χ0) is 16.9. The summed E-state index contributed by atoms with van der Waals surface area (Å²) in [5.41, 5.74) is 1.04. The molecule has 2 saturated carbocycles. The summed E-state index contributed by atoms with van der Waals surface area (Å²) in [6.07, 6.45) is 5.34. The Labute approximate surface area is 144 Å². The predicted molar refractivity (Wildman–Crippen MR) is 92.0 cm³/mol. The van der Waals surface area contributed by atoms with Crippen molar-refractivity contribution in [3.63, 3.8) is 0 Å². The van der Waals surface area contributed by atoms with Crippen molar-refractivity contribution < 1.29 is 14.3 Å². The smallest absolute Gasteiger partial charge is 0.306 e. The van der Waals surface area contributed by atoms with Crippen molar-refractivity contribution >= 4 is 11.9 Å². The van der Waals surface area contributed by atoms with E-state index in [0.717, 1.165) is 17.9 Å². The Balaban J connectivity index is 1.44. The van der Waals surface area contributed by atoms with E-state index >= 15 is 0 Å². The van der Waals surface area contributed by atoms with Gasteiger partial charge in [0, 0.05) is 13.0 Å². The number of hydrogen-bond acceptors (Lipinski definition) is 3. The van der Waals surface area contributed by atoms with Crippen molar-refractivity contribution in [2.45, 2.75) is 58.1 Å². The van der Waals surface area contributed by atoms with Gasteiger partial charge in [0.15, 0.2) is 6.10 Å². The van der Waals surface area contributed by atoms with Crippen LogP contribution in [-0.4, -0.2) is 18.0 Å².